The summed E-state index contributed by atoms with van der Waals surface area (Å²) in [5.41, 5.74) is 3.43. The highest BCUT2D eigenvalue weighted by molar-refractivity contribution is 6.26. The summed E-state index contributed by atoms with van der Waals surface area (Å²) in [5, 5.41) is 0. The average Bonchev–Trinajstić information content (AvgIpc) is 3.76. The third-order valence-electron chi connectivity index (χ3n) is 8.21. The van der Waals surface area contributed by atoms with Crippen LogP contribution < -0.4 is 0 Å². The van der Waals surface area contributed by atoms with Crippen molar-refractivity contribution in [2.75, 3.05) is 26.2 Å². The first-order valence-electron chi connectivity index (χ1n) is 13.0. The van der Waals surface area contributed by atoms with Crippen molar-refractivity contribution in [3.05, 3.63) is 57.0 Å². The summed E-state index contributed by atoms with van der Waals surface area (Å²) in [7, 11) is 0. The van der Waals surface area contributed by atoms with E-state index in [2.05, 4.69) is 16.9 Å². The topological polar surface area (TPSA) is 127 Å². The van der Waals surface area contributed by atoms with E-state index < -0.39 is 0 Å². The number of aromatic nitrogens is 4. The van der Waals surface area contributed by atoms with E-state index in [1.807, 2.05) is 14.4 Å². The lowest BCUT2D eigenvalue weighted by molar-refractivity contribution is 0.0951. The van der Waals surface area contributed by atoms with E-state index in [1.54, 1.807) is 18.4 Å². The fourth-order valence-electron chi connectivity index (χ4n) is 5.95. The summed E-state index contributed by atoms with van der Waals surface area (Å²) in [5.74, 6) is 0.891. The van der Waals surface area contributed by atoms with Gasteiger partial charge in [0.15, 0.2) is 11.6 Å². The number of carbonyl (C=O) groups is 5. The van der Waals surface area contributed by atoms with Gasteiger partial charge in [0.2, 0.25) is 23.1 Å². The first-order chi connectivity index (χ1) is 18.2. The van der Waals surface area contributed by atoms with Crippen molar-refractivity contribution in [2.45, 2.75) is 60.0 Å². The number of imidazole rings is 2. The Kier molecular flexibility index (Phi) is 5.43. The number of carbonyl (C=O) groups excluding carboxylic acids is 5. The van der Waals surface area contributed by atoms with Crippen molar-refractivity contribution in [3.63, 3.8) is 0 Å². The van der Waals surface area contributed by atoms with Gasteiger partial charge in [0, 0.05) is 62.8 Å². The molecule has 39 heavy (non-hydrogen) atoms. The van der Waals surface area contributed by atoms with Crippen molar-refractivity contribution in [3.8, 4) is 0 Å². The lowest BCUT2D eigenvalue weighted by Gasteiger charge is -2.17. The highest BCUT2D eigenvalue weighted by Gasteiger charge is 2.43. The molecule has 2 aromatic rings. The molecule has 2 aliphatic carbocycles. The van der Waals surface area contributed by atoms with Gasteiger partial charge in [-0.25, -0.2) is 9.97 Å². The third-order valence-corrected chi connectivity index (χ3v) is 8.21. The van der Waals surface area contributed by atoms with E-state index in [9.17, 15) is 24.0 Å². The molecule has 6 aliphatic rings. The minimum absolute atomic E-state index is 0. The second kappa shape index (κ2) is 8.42. The highest BCUT2D eigenvalue weighted by Crippen LogP contribution is 2.37. The summed E-state index contributed by atoms with van der Waals surface area (Å²) in [6.45, 7) is 10.1. The van der Waals surface area contributed by atoms with Crippen LogP contribution in [0.3, 0.4) is 0 Å². The molecule has 0 bridgehead atoms. The molecule has 0 aromatic carbocycles. The summed E-state index contributed by atoms with van der Waals surface area (Å²) in [6, 6.07) is 0. The average molecular weight is 531 g/mol. The maximum atomic E-state index is 12.5. The maximum Gasteiger partial charge on any atom is 0.230 e. The Labute approximate surface area is 225 Å². The van der Waals surface area contributed by atoms with Gasteiger partial charge in [-0.1, -0.05) is 14.4 Å². The summed E-state index contributed by atoms with van der Waals surface area (Å²) >= 11 is 0. The third kappa shape index (κ3) is 3.44. The molecule has 0 saturated carbocycles. The molecule has 202 valence electrons. The van der Waals surface area contributed by atoms with Gasteiger partial charge in [-0.15, -0.1) is 0 Å². The minimum atomic E-state index is -0.223. The molecular weight excluding hydrogens is 500 g/mol. The van der Waals surface area contributed by atoms with Gasteiger partial charge in [-0.3, -0.25) is 24.0 Å². The number of fused-ring (bicyclic) bond motifs is 6. The van der Waals surface area contributed by atoms with Crippen LogP contribution in [-0.4, -0.2) is 84.0 Å². The number of nitrogens with zero attached hydrogens (tertiary/aromatic N) is 6. The van der Waals surface area contributed by atoms with Crippen molar-refractivity contribution in [1.29, 1.82) is 0 Å². The molecule has 11 nitrogen and oxygen atoms in total. The zero-order chi connectivity index (χ0) is 26.6. The van der Waals surface area contributed by atoms with E-state index in [4.69, 9.17) is 0 Å². The molecule has 0 radical (unpaired) electrons. The van der Waals surface area contributed by atoms with Gasteiger partial charge in [0.05, 0.1) is 11.4 Å². The molecule has 6 heterocycles. The number of ketones is 5. The Hall–Kier alpha value is -4.15. The van der Waals surface area contributed by atoms with E-state index in [1.165, 1.54) is 0 Å². The van der Waals surface area contributed by atoms with Crippen LogP contribution >= 0.6 is 0 Å². The molecule has 11 heteroatoms. The maximum absolute atomic E-state index is 12.5. The Balaban J connectivity index is 0.000000138. The molecule has 8 rings (SSSR count). The lowest BCUT2D eigenvalue weighted by atomic mass is 9.95. The number of allylic oxidation sites excluding steroid dienone is 4. The van der Waals surface area contributed by atoms with E-state index >= 15 is 0 Å². The lowest BCUT2D eigenvalue weighted by Crippen LogP contribution is -2.26. The predicted molar refractivity (Wildman–Crippen MR) is 139 cm³/mol. The van der Waals surface area contributed by atoms with Gasteiger partial charge in [-0.05, 0) is 20.3 Å². The predicted octanol–water partition coefficient (Wildman–Crippen LogP) is 2.43. The fraction of sp³-hybridized carbons (Fsp3) is 0.464. The van der Waals surface area contributed by atoms with E-state index in [0.717, 1.165) is 45.0 Å². The summed E-state index contributed by atoms with van der Waals surface area (Å²) in [4.78, 5) is 74.0. The molecule has 1 unspecified atom stereocenters. The SMILES string of the molecule is C.CC1=C(N2CC2)C(=O)c2nc3n(c2C1=O)CCC3=O.CC1=C(N2CC2)C(=O)c2nc3n(c2C1=O)CCC3C. The van der Waals surface area contributed by atoms with Gasteiger partial charge in [0.25, 0.3) is 0 Å². The standard InChI is InChI=1S/C14H15N3O2.C13H11N3O3.CH4/c1-7-3-4-17-11-9(15-14(7)17)13(19)10(16-5-6-16)8(2)12(11)18;1-6-9(15-4-5-15)12(19)8-10(11(6)18)16-3-2-7(17)13(16)14-8;/h7H,3-6H2,1-2H3;2-5H2,1H3;1H4. The van der Waals surface area contributed by atoms with E-state index in [-0.39, 0.29) is 47.9 Å². The van der Waals surface area contributed by atoms with Crippen LogP contribution in [0.2, 0.25) is 0 Å². The smallest absolute Gasteiger partial charge is 0.230 e. The van der Waals surface area contributed by atoms with Gasteiger partial charge in [-0.2, -0.15) is 0 Å². The quantitative estimate of drug-likeness (QED) is 0.538. The summed E-state index contributed by atoms with van der Waals surface area (Å²) < 4.78 is 3.54. The normalized spacial score (nSPS) is 22.4. The molecule has 2 saturated heterocycles. The molecule has 0 N–H and O–H groups in total. The number of Topliss-reactive ketones (excluding diaryl/α,β-unsaturated/α-hetero) is 5. The molecule has 4 aliphatic heterocycles. The van der Waals surface area contributed by atoms with Gasteiger partial charge >= 0.3 is 0 Å². The minimum Gasteiger partial charge on any atom is -0.364 e. The molecule has 2 fully saturated rings. The molecular formula is C28H30N6O5. The Morgan fingerprint density at radius 1 is 0.667 bits per heavy atom. The number of rotatable bonds is 2. The van der Waals surface area contributed by atoms with Crippen molar-refractivity contribution < 1.29 is 24.0 Å². The number of hydrogen-bond donors (Lipinski definition) is 0. The Morgan fingerprint density at radius 3 is 1.72 bits per heavy atom. The first kappa shape index (κ1) is 25.1. The zero-order valence-corrected chi connectivity index (χ0v) is 21.5. The highest BCUT2D eigenvalue weighted by atomic mass is 16.2. The monoisotopic (exact) mass is 530 g/mol. The molecule has 0 amide bonds. The van der Waals surface area contributed by atoms with Crippen LogP contribution in [0.1, 0.15) is 105 Å². The fourth-order valence-corrected chi connectivity index (χ4v) is 5.95. The Morgan fingerprint density at radius 2 is 1.18 bits per heavy atom. The van der Waals surface area contributed by atoms with Crippen molar-refractivity contribution in [2.24, 2.45) is 0 Å². The summed E-state index contributed by atoms with van der Waals surface area (Å²) in [6.07, 6.45) is 1.36. The zero-order valence-electron chi connectivity index (χ0n) is 21.5. The van der Waals surface area contributed by atoms with Crippen LogP contribution in [0.25, 0.3) is 0 Å². The second-order valence-electron chi connectivity index (χ2n) is 10.7. The molecule has 1 atom stereocenters. The van der Waals surface area contributed by atoms with Crippen LogP contribution in [0.4, 0.5) is 0 Å². The Bertz CT molecular complexity index is 1610. The molecule has 0 spiro atoms. The van der Waals surface area contributed by atoms with Crippen LogP contribution in [-0.2, 0) is 13.1 Å². The van der Waals surface area contributed by atoms with Gasteiger partial charge < -0.3 is 18.9 Å². The van der Waals surface area contributed by atoms with E-state index in [0.29, 0.717) is 58.5 Å². The van der Waals surface area contributed by atoms with Crippen molar-refractivity contribution in [1.82, 2.24) is 28.9 Å². The van der Waals surface area contributed by atoms with Gasteiger partial charge in [0.1, 0.15) is 28.6 Å². The van der Waals surface area contributed by atoms with Crippen LogP contribution in [0, 0.1) is 0 Å². The van der Waals surface area contributed by atoms with Crippen molar-refractivity contribution >= 4 is 28.9 Å². The van der Waals surface area contributed by atoms with Crippen LogP contribution in [0.5, 0.6) is 0 Å². The largest absolute Gasteiger partial charge is 0.364 e. The number of hydrogen-bond acceptors (Lipinski definition) is 9. The second-order valence-corrected chi connectivity index (χ2v) is 10.7. The molecule has 2 aromatic heterocycles. The first-order valence-corrected chi connectivity index (χ1v) is 13.0. The van der Waals surface area contributed by atoms with Crippen LogP contribution in [0.15, 0.2) is 22.5 Å².